The number of aryl methyl sites for hydroxylation is 1. The Morgan fingerprint density at radius 2 is 2.42 bits per heavy atom. The summed E-state index contributed by atoms with van der Waals surface area (Å²) in [5, 5.41) is 11.2. The van der Waals surface area contributed by atoms with Gasteiger partial charge in [-0.05, 0) is 13.5 Å². The van der Waals surface area contributed by atoms with Crippen LogP contribution in [0.4, 0.5) is 0 Å². The third-order valence-electron chi connectivity index (χ3n) is 1.85. The fraction of sp³-hybridized carbons (Fsp3) is 0.750. The SMILES string of the molecule is CCNC(C)Cc1nncn1C. The summed E-state index contributed by atoms with van der Waals surface area (Å²) in [6.45, 7) is 5.25. The minimum absolute atomic E-state index is 0.470. The molecule has 0 saturated heterocycles. The van der Waals surface area contributed by atoms with Crippen LogP contribution >= 0.6 is 0 Å². The Labute approximate surface area is 73.0 Å². The summed E-state index contributed by atoms with van der Waals surface area (Å²) in [4.78, 5) is 0. The third kappa shape index (κ3) is 2.30. The Balaban J connectivity index is 2.46. The lowest BCUT2D eigenvalue weighted by molar-refractivity contribution is 0.543. The summed E-state index contributed by atoms with van der Waals surface area (Å²) < 4.78 is 1.95. The van der Waals surface area contributed by atoms with Crippen molar-refractivity contribution < 1.29 is 0 Å². The lowest BCUT2D eigenvalue weighted by atomic mass is 10.2. The highest BCUT2D eigenvalue weighted by Crippen LogP contribution is 1.96. The molecule has 0 aromatic carbocycles. The van der Waals surface area contributed by atoms with Gasteiger partial charge in [0.15, 0.2) is 0 Å². The Morgan fingerprint density at radius 1 is 1.67 bits per heavy atom. The molecule has 0 amide bonds. The van der Waals surface area contributed by atoms with Gasteiger partial charge < -0.3 is 9.88 Å². The van der Waals surface area contributed by atoms with E-state index in [-0.39, 0.29) is 0 Å². The number of rotatable bonds is 4. The van der Waals surface area contributed by atoms with E-state index in [0.29, 0.717) is 6.04 Å². The maximum atomic E-state index is 4.01. The maximum absolute atomic E-state index is 4.01. The zero-order chi connectivity index (χ0) is 8.97. The first-order valence-corrected chi connectivity index (χ1v) is 4.30. The van der Waals surface area contributed by atoms with E-state index in [1.807, 2.05) is 11.6 Å². The molecule has 0 aliphatic heterocycles. The van der Waals surface area contributed by atoms with Gasteiger partial charge in [0, 0.05) is 19.5 Å². The molecule has 12 heavy (non-hydrogen) atoms. The van der Waals surface area contributed by atoms with Crippen molar-refractivity contribution in [3.63, 3.8) is 0 Å². The molecule has 0 aliphatic rings. The molecule has 4 heteroatoms. The highest BCUT2D eigenvalue weighted by atomic mass is 15.2. The molecule has 4 nitrogen and oxygen atoms in total. The summed E-state index contributed by atoms with van der Waals surface area (Å²) in [5.41, 5.74) is 0. The fourth-order valence-corrected chi connectivity index (χ4v) is 1.19. The molecule has 0 bridgehead atoms. The molecule has 1 aromatic rings. The highest BCUT2D eigenvalue weighted by Gasteiger charge is 2.05. The second kappa shape index (κ2) is 4.21. The van der Waals surface area contributed by atoms with Crippen molar-refractivity contribution >= 4 is 0 Å². The molecule has 0 saturated carbocycles. The monoisotopic (exact) mass is 168 g/mol. The van der Waals surface area contributed by atoms with Crippen LogP contribution in [-0.4, -0.2) is 27.4 Å². The summed E-state index contributed by atoms with van der Waals surface area (Å²) >= 11 is 0. The number of aromatic nitrogens is 3. The standard InChI is InChI=1S/C8H16N4/c1-4-9-7(2)5-8-11-10-6-12(8)3/h6-7,9H,4-5H2,1-3H3. The maximum Gasteiger partial charge on any atom is 0.134 e. The number of likely N-dealkylation sites (N-methyl/N-ethyl adjacent to an activating group) is 1. The number of hydrogen-bond acceptors (Lipinski definition) is 3. The van der Waals surface area contributed by atoms with Crippen LogP contribution in [-0.2, 0) is 13.5 Å². The van der Waals surface area contributed by atoms with Gasteiger partial charge in [-0.15, -0.1) is 10.2 Å². The van der Waals surface area contributed by atoms with Crippen LogP contribution in [0.3, 0.4) is 0 Å². The molecule has 68 valence electrons. The second-order valence-electron chi connectivity index (χ2n) is 3.02. The van der Waals surface area contributed by atoms with Gasteiger partial charge in [-0.25, -0.2) is 0 Å². The predicted molar refractivity (Wildman–Crippen MR) is 47.8 cm³/mol. The molecular formula is C8H16N4. The minimum Gasteiger partial charge on any atom is -0.321 e. The largest absolute Gasteiger partial charge is 0.321 e. The van der Waals surface area contributed by atoms with E-state index in [1.165, 1.54) is 0 Å². The Morgan fingerprint density at radius 3 is 2.92 bits per heavy atom. The molecule has 1 aromatic heterocycles. The van der Waals surface area contributed by atoms with Crippen molar-refractivity contribution in [2.24, 2.45) is 7.05 Å². The van der Waals surface area contributed by atoms with Crippen LogP contribution in [0.2, 0.25) is 0 Å². The summed E-state index contributed by atoms with van der Waals surface area (Å²) in [6, 6.07) is 0.470. The first-order chi connectivity index (χ1) is 5.74. The van der Waals surface area contributed by atoms with Gasteiger partial charge in [0.1, 0.15) is 12.2 Å². The zero-order valence-electron chi connectivity index (χ0n) is 7.91. The molecule has 0 aliphatic carbocycles. The van der Waals surface area contributed by atoms with Crippen molar-refractivity contribution in [2.45, 2.75) is 26.3 Å². The summed E-state index contributed by atoms with van der Waals surface area (Å²) in [6.07, 6.45) is 2.67. The summed E-state index contributed by atoms with van der Waals surface area (Å²) in [7, 11) is 1.97. The van der Waals surface area contributed by atoms with E-state index in [9.17, 15) is 0 Å². The Kier molecular flexibility index (Phi) is 3.22. The Hall–Kier alpha value is -0.900. The smallest absolute Gasteiger partial charge is 0.134 e. The van der Waals surface area contributed by atoms with Gasteiger partial charge in [-0.1, -0.05) is 6.92 Å². The van der Waals surface area contributed by atoms with Crippen LogP contribution in [0.25, 0.3) is 0 Å². The quantitative estimate of drug-likeness (QED) is 0.705. The van der Waals surface area contributed by atoms with Crippen molar-refractivity contribution in [2.75, 3.05) is 6.54 Å². The van der Waals surface area contributed by atoms with E-state index in [4.69, 9.17) is 0 Å². The fourth-order valence-electron chi connectivity index (χ4n) is 1.19. The van der Waals surface area contributed by atoms with Gasteiger partial charge in [0.05, 0.1) is 0 Å². The first-order valence-electron chi connectivity index (χ1n) is 4.30. The van der Waals surface area contributed by atoms with E-state index in [1.54, 1.807) is 6.33 Å². The van der Waals surface area contributed by atoms with Gasteiger partial charge in [-0.2, -0.15) is 0 Å². The molecule has 1 unspecified atom stereocenters. The topological polar surface area (TPSA) is 42.7 Å². The van der Waals surface area contributed by atoms with Crippen molar-refractivity contribution in [3.8, 4) is 0 Å². The van der Waals surface area contributed by atoms with E-state index in [0.717, 1.165) is 18.8 Å². The second-order valence-corrected chi connectivity index (χ2v) is 3.02. The van der Waals surface area contributed by atoms with E-state index >= 15 is 0 Å². The number of hydrogen-bond donors (Lipinski definition) is 1. The normalized spacial score (nSPS) is 13.2. The molecule has 1 N–H and O–H groups in total. The molecule has 0 radical (unpaired) electrons. The minimum atomic E-state index is 0.470. The molecule has 0 spiro atoms. The van der Waals surface area contributed by atoms with Crippen molar-refractivity contribution in [3.05, 3.63) is 12.2 Å². The summed E-state index contributed by atoms with van der Waals surface area (Å²) in [5.74, 6) is 1.03. The van der Waals surface area contributed by atoms with Gasteiger partial charge in [0.2, 0.25) is 0 Å². The zero-order valence-corrected chi connectivity index (χ0v) is 7.91. The Bertz CT molecular complexity index is 231. The average molecular weight is 168 g/mol. The predicted octanol–water partition coefficient (Wildman–Crippen LogP) is 0.356. The van der Waals surface area contributed by atoms with Crippen LogP contribution in [0.15, 0.2) is 6.33 Å². The van der Waals surface area contributed by atoms with Crippen molar-refractivity contribution in [1.82, 2.24) is 20.1 Å². The van der Waals surface area contributed by atoms with Gasteiger partial charge in [-0.3, -0.25) is 0 Å². The highest BCUT2D eigenvalue weighted by molar-refractivity contribution is 4.87. The molecular weight excluding hydrogens is 152 g/mol. The van der Waals surface area contributed by atoms with Crippen LogP contribution in [0.5, 0.6) is 0 Å². The van der Waals surface area contributed by atoms with Crippen LogP contribution in [0.1, 0.15) is 19.7 Å². The number of nitrogens with one attached hydrogen (secondary N) is 1. The lowest BCUT2D eigenvalue weighted by Gasteiger charge is -2.10. The van der Waals surface area contributed by atoms with Crippen molar-refractivity contribution in [1.29, 1.82) is 0 Å². The number of nitrogens with zero attached hydrogens (tertiary/aromatic N) is 3. The lowest BCUT2D eigenvalue weighted by Crippen LogP contribution is -2.28. The molecule has 1 heterocycles. The van der Waals surface area contributed by atoms with Gasteiger partial charge in [0.25, 0.3) is 0 Å². The van der Waals surface area contributed by atoms with Crippen LogP contribution in [0, 0.1) is 0 Å². The molecule has 1 rings (SSSR count). The average Bonchev–Trinajstić information content (AvgIpc) is 2.37. The molecule has 1 atom stereocenters. The van der Waals surface area contributed by atoms with E-state index in [2.05, 4.69) is 29.4 Å². The first kappa shape index (κ1) is 9.19. The molecule has 0 fully saturated rings. The van der Waals surface area contributed by atoms with Gasteiger partial charge >= 0.3 is 0 Å². The van der Waals surface area contributed by atoms with Crippen LogP contribution < -0.4 is 5.32 Å². The van der Waals surface area contributed by atoms with E-state index < -0.39 is 0 Å². The third-order valence-corrected chi connectivity index (χ3v) is 1.85.